The van der Waals surface area contributed by atoms with Crippen LogP contribution in [0, 0.1) is 3.57 Å². The summed E-state index contributed by atoms with van der Waals surface area (Å²) in [6.07, 6.45) is 0. The van der Waals surface area contributed by atoms with E-state index in [1.165, 1.54) is 12.1 Å². The van der Waals surface area contributed by atoms with E-state index in [2.05, 4.69) is 4.18 Å². The van der Waals surface area contributed by atoms with Crippen molar-refractivity contribution in [1.82, 2.24) is 0 Å². The molecule has 0 spiro atoms. The number of halogens is 1. The highest BCUT2D eigenvalue weighted by atomic mass is 127. The van der Waals surface area contributed by atoms with Crippen LogP contribution >= 0.6 is 22.6 Å². The Morgan fingerprint density at radius 1 is 1.24 bits per heavy atom. The molecule has 0 saturated carbocycles. The van der Waals surface area contributed by atoms with Crippen LogP contribution in [0.25, 0.3) is 0 Å². The van der Waals surface area contributed by atoms with Gasteiger partial charge in [0.15, 0.2) is 9.84 Å². The second-order valence-electron chi connectivity index (χ2n) is 3.03. The maximum absolute atomic E-state index is 11.7. The van der Waals surface area contributed by atoms with Gasteiger partial charge in [0.05, 0.1) is 17.3 Å². The predicted molar refractivity (Wildman–Crippen MR) is 68.7 cm³/mol. The topological polar surface area (TPSA) is 97.7 Å². The molecule has 96 valence electrons. The summed E-state index contributed by atoms with van der Waals surface area (Å²) in [4.78, 5) is 0.0864. The van der Waals surface area contributed by atoms with E-state index in [1.54, 1.807) is 12.1 Å². The number of sulfone groups is 1. The molecule has 1 N–H and O–H groups in total. The molecule has 0 aliphatic rings. The minimum absolute atomic E-state index is 0.0864. The quantitative estimate of drug-likeness (QED) is 0.591. The molecule has 1 rings (SSSR count). The van der Waals surface area contributed by atoms with E-state index >= 15 is 0 Å². The Hall–Kier alpha value is -0.230. The van der Waals surface area contributed by atoms with Crippen LogP contribution in [0.5, 0.6) is 0 Å². The number of hydrogen-bond acceptors (Lipinski definition) is 5. The summed E-state index contributed by atoms with van der Waals surface area (Å²) in [5.74, 6) is -0.521. The summed E-state index contributed by atoms with van der Waals surface area (Å²) in [6.45, 7) is -0.618. The van der Waals surface area contributed by atoms with Gasteiger partial charge in [-0.3, -0.25) is 4.55 Å². The van der Waals surface area contributed by atoms with Crippen LogP contribution < -0.4 is 0 Å². The molecule has 0 saturated heterocycles. The Morgan fingerprint density at radius 3 is 2.41 bits per heavy atom. The van der Waals surface area contributed by atoms with Crippen LogP contribution in [-0.2, 0) is 24.4 Å². The minimum Gasteiger partial charge on any atom is -0.264 e. The number of rotatable bonds is 5. The van der Waals surface area contributed by atoms with E-state index in [1.807, 2.05) is 22.6 Å². The number of hydrogen-bond donors (Lipinski definition) is 1. The fourth-order valence-corrected chi connectivity index (χ4v) is 3.31. The lowest BCUT2D eigenvalue weighted by Gasteiger charge is -2.04. The van der Waals surface area contributed by atoms with Crippen molar-refractivity contribution in [3.63, 3.8) is 0 Å². The van der Waals surface area contributed by atoms with E-state index in [0.29, 0.717) is 0 Å². The fraction of sp³-hybridized carbons (Fsp3) is 0.250. The van der Waals surface area contributed by atoms with Crippen molar-refractivity contribution in [3.05, 3.63) is 27.8 Å². The molecule has 0 unspecified atom stereocenters. The van der Waals surface area contributed by atoms with Gasteiger partial charge in [-0.05, 0) is 40.8 Å². The monoisotopic (exact) mass is 392 g/mol. The third-order valence-electron chi connectivity index (χ3n) is 1.74. The van der Waals surface area contributed by atoms with E-state index in [0.717, 1.165) is 3.57 Å². The molecule has 0 radical (unpaired) electrons. The van der Waals surface area contributed by atoms with Gasteiger partial charge in [0.25, 0.3) is 0 Å². The SMILES string of the molecule is O=S(=O)(O)OCCS(=O)(=O)c1cccc(I)c1. The lowest BCUT2D eigenvalue weighted by atomic mass is 10.4. The van der Waals surface area contributed by atoms with E-state index in [9.17, 15) is 16.8 Å². The second kappa shape index (κ2) is 5.61. The first-order valence-electron chi connectivity index (χ1n) is 4.31. The van der Waals surface area contributed by atoms with Gasteiger partial charge < -0.3 is 0 Å². The van der Waals surface area contributed by atoms with Crippen molar-refractivity contribution in [3.8, 4) is 0 Å². The second-order valence-corrected chi connectivity index (χ2v) is 7.47. The molecule has 0 aliphatic heterocycles. The molecule has 9 heteroatoms. The van der Waals surface area contributed by atoms with Crippen molar-refractivity contribution in [1.29, 1.82) is 0 Å². The molecule has 0 amide bonds. The van der Waals surface area contributed by atoms with Gasteiger partial charge in [0.1, 0.15) is 0 Å². The highest BCUT2D eigenvalue weighted by Crippen LogP contribution is 2.14. The van der Waals surface area contributed by atoms with Crippen LogP contribution in [0.1, 0.15) is 0 Å². The molecule has 1 aromatic rings. The lowest BCUT2D eigenvalue weighted by molar-refractivity contribution is 0.284. The Kier molecular flexibility index (Phi) is 4.89. The Morgan fingerprint density at radius 2 is 1.88 bits per heavy atom. The molecule has 0 atom stereocenters. The molecule has 0 bridgehead atoms. The first-order chi connectivity index (χ1) is 7.71. The third kappa shape index (κ3) is 5.29. The summed E-state index contributed by atoms with van der Waals surface area (Å²) in [7, 11) is -8.21. The van der Waals surface area contributed by atoms with Gasteiger partial charge in [-0.2, -0.15) is 8.42 Å². The van der Waals surface area contributed by atoms with Crippen molar-refractivity contribution < 1.29 is 25.6 Å². The molecule has 0 heterocycles. The summed E-state index contributed by atoms with van der Waals surface area (Å²) in [6, 6.07) is 6.18. The number of benzene rings is 1. The smallest absolute Gasteiger partial charge is 0.264 e. The average molecular weight is 392 g/mol. The van der Waals surface area contributed by atoms with Gasteiger partial charge >= 0.3 is 10.4 Å². The standard InChI is InChI=1S/C8H9IO6S2/c9-7-2-1-3-8(6-7)16(10,11)5-4-15-17(12,13)14/h1-3,6H,4-5H2,(H,12,13,14). The lowest BCUT2D eigenvalue weighted by Crippen LogP contribution is -2.15. The highest BCUT2D eigenvalue weighted by Gasteiger charge is 2.16. The van der Waals surface area contributed by atoms with Crippen molar-refractivity contribution in [2.24, 2.45) is 0 Å². The first-order valence-corrected chi connectivity index (χ1v) is 8.40. The van der Waals surface area contributed by atoms with Gasteiger partial charge in [-0.1, -0.05) is 6.07 Å². The zero-order valence-electron chi connectivity index (χ0n) is 8.41. The van der Waals surface area contributed by atoms with Gasteiger partial charge in [-0.25, -0.2) is 12.6 Å². The summed E-state index contributed by atoms with van der Waals surface area (Å²) in [5, 5.41) is 0. The fourth-order valence-electron chi connectivity index (χ4n) is 1.03. The first kappa shape index (κ1) is 14.8. The maximum atomic E-state index is 11.7. The molecule has 0 aliphatic carbocycles. The van der Waals surface area contributed by atoms with Crippen LogP contribution in [-0.4, -0.2) is 33.7 Å². The Labute approximate surface area is 113 Å². The Bertz CT molecular complexity index is 592. The van der Waals surface area contributed by atoms with Crippen LogP contribution in [0.2, 0.25) is 0 Å². The Balaban J connectivity index is 2.77. The molecule has 6 nitrogen and oxygen atoms in total. The van der Waals surface area contributed by atoms with Gasteiger partial charge in [-0.15, -0.1) is 0 Å². The zero-order chi connectivity index (χ0) is 13.1. The summed E-state index contributed by atoms with van der Waals surface area (Å²) < 4.78 is 56.9. The largest absolute Gasteiger partial charge is 0.397 e. The molecular weight excluding hydrogens is 383 g/mol. The summed E-state index contributed by atoms with van der Waals surface area (Å²) >= 11 is 1.96. The maximum Gasteiger partial charge on any atom is 0.397 e. The minimum atomic E-state index is -4.60. The van der Waals surface area contributed by atoms with E-state index in [-0.39, 0.29) is 4.90 Å². The molecule has 17 heavy (non-hydrogen) atoms. The van der Waals surface area contributed by atoms with Crippen LogP contribution in [0.3, 0.4) is 0 Å². The zero-order valence-corrected chi connectivity index (χ0v) is 12.2. The van der Waals surface area contributed by atoms with Crippen LogP contribution in [0.4, 0.5) is 0 Å². The van der Waals surface area contributed by atoms with Crippen molar-refractivity contribution in [2.45, 2.75) is 4.90 Å². The van der Waals surface area contributed by atoms with E-state index in [4.69, 9.17) is 4.55 Å². The average Bonchev–Trinajstić information content (AvgIpc) is 2.15. The molecule has 1 aromatic carbocycles. The van der Waals surface area contributed by atoms with Gasteiger partial charge in [0.2, 0.25) is 0 Å². The predicted octanol–water partition coefficient (Wildman–Crippen LogP) is 0.884. The summed E-state index contributed by atoms with van der Waals surface area (Å²) in [5.41, 5.74) is 0. The third-order valence-corrected chi connectivity index (χ3v) is 4.55. The van der Waals surface area contributed by atoms with Gasteiger partial charge in [0, 0.05) is 3.57 Å². The molecular formula is C8H9IO6S2. The van der Waals surface area contributed by atoms with Crippen molar-refractivity contribution in [2.75, 3.05) is 12.4 Å². The van der Waals surface area contributed by atoms with Crippen LogP contribution in [0.15, 0.2) is 29.2 Å². The van der Waals surface area contributed by atoms with E-state index < -0.39 is 32.6 Å². The molecule has 0 aromatic heterocycles. The molecule has 0 fully saturated rings. The highest BCUT2D eigenvalue weighted by molar-refractivity contribution is 14.1. The van der Waals surface area contributed by atoms with Crippen molar-refractivity contribution >= 4 is 42.8 Å². The normalized spacial score (nSPS) is 12.6.